The second-order valence-corrected chi connectivity index (χ2v) is 4.51. The predicted molar refractivity (Wildman–Crippen MR) is 78.7 cm³/mol. The first kappa shape index (κ1) is 19.3. The summed E-state index contributed by atoms with van der Waals surface area (Å²) in [5, 5.41) is 3.18. The van der Waals surface area contributed by atoms with Gasteiger partial charge in [-0.05, 0) is 19.4 Å². The van der Waals surface area contributed by atoms with E-state index in [1.54, 1.807) is 0 Å². The Kier molecular flexibility index (Phi) is 15.8. The van der Waals surface area contributed by atoms with Crippen LogP contribution < -0.4 is 11.1 Å². The topological polar surface area (TPSA) is 82.8 Å². The summed E-state index contributed by atoms with van der Waals surface area (Å²) in [4.78, 5) is 10.5. The van der Waals surface area contributed by atoms with E-state index in [-0.39, 0.29) is 5.91 Å². The van der Waals surface area contributed by atoms with Crippen LogP contribution in [0.15, 0.2) is 0 Å². The Morgan fingerprint density at radius 2 is 1.50 bits per heavy atom. The van der Waals surface area contributed by atoms with Gasteiger partial charge in [0.15, 0.2) is 0 Å². The fourth-order valence-corrected chi connectivity index (χ4v) is 1.45. The van der Waals surface area contributed by atoms with E-state index in [9.17, 15) is 4.79 Å². The highest BCUT2D eigenvalue weighted by Crippen LogP contribution is 1.88. The Morgan fingerprint density at radius 1 is 0.900 bits per heavy atom. The number of carbonyl (C=O) groups is 1. The van der Waals surface area contributed by atoms with Gasteiger partial charge in [-0.15, -0.1) is 0 Å². The molecule has 0 atom stereocenters. The highest BCUT2D eigenvalue weighted by molar-refractivity contribution is 5.73. The molecule has 0 rings (SSSR count). The van der Waals surface area contributed by atoms with Crippen molar-refractivity contribution >= 4 is 5.91 Å². The summed E-state index contributed by atoms with van der Waals surface area (Å²) in [6.07, 6.45) is 3.47. The number of primary amides is 1. The van der Waals surface area contributed by atoms with Crippen molar-refractivity contribution in [2.75, 3.05) is 52.7 Å². The van der Waals surface area contributed by atoms with Crippen molar-refractivity contribution in [2.45, 2.75) is 32.6 Å². The summed E-state index contributed by atoms with van der Waals surface area (Å²) in [7, 11) is 0. The molecule has 0 bridgehead atoms. The zero-order chi connectivity index (χ0) is 14.9. The van der Waals surface area contributed by atoms with Gasteiger partial charge in [0, 0.05) is 19.6 Å². The van der Waals surface area contributed by atoms with Crippen LogP contribution in [0.3, 0.4) is 0 Å². The first-order chi connectivity index (χ1) is 9.77. The van der Waals surface area contributed by atoms with Gasteiger partial charge in [-0.3, -0.25) is 4.79 Å². The Morgan fingerprint density at radius 3 is 2.10 bits per heavy atom. The van der Waals surface area contributed by atoms with E-state index in [0.717, 1.165) is 39.0 Å². The van der Waals surface area contributed by atoms with E-state index < -0.39 is 0 Å². The quantitative estimate of drug-likeness (QED) is 0.409. The van der Waals surface area contributed by atoms with Gasteiger partial charge in [-0.1, -0.05) is 13.3 Å². The van der Waals surface area contributed by atoms with Gasteiger partial charge in [0.05, 0.1) is 33.0 Å². The zero-order valence-corrected chi connectivity index (χ0v) is 12.7. The summed E-state index contributed by atoms with van der Waals surface area (Å²) in [5.74, 6) is -0.251. The van der Waals surface area contributed by atoms with Gasteiger partial charge >= 0.3 is 0 Å². The molecule has 0 aliphatic rings. The lowest BCUT2D eigenvalue weighted by Gasteiger charge is -2.07. The van der Waals surface area contributed by atoms with Crippen LogP contribution in [0.1, 0.15) is 32.6 Å². The first-order valence-corrected chi connectivity index (χ1v) is 7.49. The standard InChI is InChI=1S/C14H30N2O4/c1-2-3-8-18-10-12-20-13-11-19-9-7-16-6-4-5-14(15)17/h16H,2-13H2,1H3,(H2,15,17). The molecule has 1 amide bonds. The minimum atomic E-state index is -0.251. The van der Waals surface area contributed by atoms with Crippen LogP contribution in [-0.4, -0.2) is 58.6 Å². The number of hydrogen-bond donors (Lipinski definition) is 2. The second kappa shape index (κ2) is 16.4. The summed E-state index contributed by atoms with van der Waals surface area (Å²) in [5.41, 5.74) is 5.03. The van der Waals surface area contributed by atoms with Crippen LogP contribution in [0.4, 0.5) is 0 Å². The van der Waals surface area contributed by atoms with Gasteiger partial charge < -0.3 is 25.3 Å². The van der Waals surface area contributed by atoms with Crippen molar-refractivity contribution in [2.24, 2.45) is 5.73 Å². The molecular formula is C14H30N2O4. The van der Waals surface area contributed by atoms with Crippen molar-refractivity contribution in [3.05, 3.63) is 0 Å². The van der Waals surface area contributed by atoms with Gasteiger partial charge in [0.25, 0.3) is 0 Å². The van der Waals surface area contributed by atoms with Crippen LogP contribution in [0.2, 0.25) is 0 Å². The van der Waals surface area contributed by atoms with Crippen LogP contribution in [0, 0.1) is 0 Å². The monoisotopic (exact) mass is 290 g/mol. The van der Waals surface area contributed by atoms with Gasteiger partial charge in [-0.2, -0.15) is 0 Å². The van der Waals surface area contributed by atoms with Crippen molar-refractivity contribution in [1.82, 2.24) is 5.32 Å². The van der Waals surface area contributed by atoms with E-state index in [1.165, 1.54) is 0 Å². The number of ether oxygens (including phenoxy) is 3. The molecule has 6 nitrogen and oxygen atoms in total. The molecule has 0 unspecified atom stereocenters. The summed E-state index contributed by atoms with van der Waals surface area (Å²) < 4.78 is 16.1. The van der Waals surface area contributed by atoms with Gasteiger partial charge in [0.1, 0.15) is 0 Å². The number of rotatable bonds is 16. The molecule has 0 saturated heterocycles. The fraction of sp³-hybridized carbons (Fsp3) is 0.929. The lowest BCUT2D eigenvalue weighted by molar-refractivity contribution is -0.118. The van der Waals surface area contributed by atoms with E-state index in [4.69, 9.17) is 19.9 Å². The Bertz CT molecular complexity index is 215. The molecule has 0 saturated carbocycles. The summed E-state index contributed by atoms with van der Waals surface area (Å²) in [6, 6.07) is 0. The maximum atomic E-state index is 10.5. The highest BCUT2D eigenvalue weighted by Gasteiger charge is 1.94. The molecule has 0 aliphatic heterocycles. The molecule has 20 heavy (non-hydrogen) atoms. The molecule has 0 aromatic carbocycles. The number of carbonyl (C=O) groups excluding carboxylic acids is 1. The molecule has 0 aliphatic carbocycles. The minimum absolute atomic E-state index is 0.251. The van der Waals surface area contributed by atoms with Crippen molar-refractivity contribution < 1.29 is 19.0 Å². The van der Waals surface area contributed by atoms with Crippen molar-refractivity contribution in [3.63, 3.8) is 0 Å². The van der Waals surface area contributed by atoms with E-state index in [0.29, 0.717) is 39.5 Å². The Balaban J connectivity index is 2.94. The first-order valence-electron chi connectivity index (χ1n) is 7.49. The molecule has 0 aromatic heterocycles. The number of nitrogens with two attached hydrogens (primary N) is 1. The molecule has 0 radical (unpaired) electrons. The third kappa shape index (κ3) is 17.3. The Labute approximate surface area is 122 Å². The smallest absolute Gasteiger partial charge is 0.217 e. The number of nitrogens with one attached hydrogen (secondary N) is 1. The van der Waals surface area contributed by atoms with E-state index in [2.05, 4.69) is 12.2 Å². The number of hydrogen-bond acceptors (Lipinski definition) is 5. The Hall–Kier alpha value is -0.690. The highest BCUT2D eigenvalue weighted by atomic mass is 16.5. The fourth-order valence-electron chi connectivity index (χ4n) is 1.45. The number of unbranched alkanes of at least 4 members (excludes halogenated alkanes) is 1. The molecule has 120 valence electrons. The molecule has 0 heterocycles. The van der Waals surface area contributed by atoms with Crippen molar-refractivity contribution in [1.29, 1.82) is 0 Å². The third-order valence-electron chi connectivity index (χ3n) is 2.59. The van der Waals surface area contributed by atoms with Gasteiger partial charge in [-0.25, -0.2) is 0 Å². The molecule has 0 aromatic rings. The normalized spacial score (nSPS) is 10.8. The van der Waals surface area contributed by atoms with Crippen LogP contribution >= 0.6 is 0 Å². The molecule has 6 heteroatoms. The summed E-state index contributed by atoms with van der Waals surface area (Å²) >= 11 is 0. The van der Waals surface area contributed by atoms with Gasteiger partial charge in [0.2, 0.25) is 5.91 Å². The van der Waals surface area contributed by atoms with Crippen molar-refractivity contribution in [3.8, 4) is 0 Å². The second-order valence-electron chi connectivity index (χ2n) is 4.51. The molecule has 0 spiro atoms. The molecule has 0 fully saturated rings. The molecular weight excluding hydrogens is 260 g/mol. The van der Waals surface area contributed by atoms with Crippen LogP contribution in [-0.2, 0) is 19.0 Å². The third-order valence-corrected chi connectivity index (χ3v) is 2.59. The van der Waals surface area contributed by atoms with E-state index in [1.807, 2.05) is 0 Å². The lowest BCUT2D eigenvalue weighted by Crippen LogP contribution is -2.23. The van der Waals surface area contributed by atoms with E-state index >= 15 is 0 Å². The predicted octanol–water partition coefficient (Wildman–Crippen LogP) is 0.691. The number of amides is 1. The average molecular weight is 290 g/mol. The maximum Gasteiger partial charge on any atom is 0.217 e. The molecule has 3 N–H and O–H groups in total. The maximum absolute atomic E-state index is 10.5. The van der Waals surface area contributed by atoms with Crippen LogP contribution in [0.5, 0.6) is 0 Å². The summed E-state index contributed by atoms with van der Waals surface area (Å²) in [6.45, 7) is 7.64. The minimum Gasteiger partial charge on any atom is -0.379 e. The zero-order valence-electron chi connectivity index (χ0n) is 12.7. The SMILES string of the molecule is CCCCOCCOCCOCCNCCCC(N)=O. The lowest BCUT2D eigenvalue weighted by atomic mass is 10.3. The van der Waals surface area contributed by atoms with Crippen LogP contribution in [0.25, 0.3) is 0 Å². The average Bonchev–Trinajstić information content (AvgIpc) is 2.43. The largest absolute Gasteiger partial charge is 0.379 e.